The first-order chi connectivity index (χ1) is 9.06. The highest BCUT2D eigenvalue weighted by Crippen LogP contribution is 2.09. The van der Waals surface area contributed by atoms with Crippen molar-refractivity contribution in [3.8, 4) is 0 Å². The minimum Gasteiger partial charge on any atom is -0.351 e. The van der Waals surface area contributed by atoms with Gasteiger partial charge in [-0.2, -0.15) is 0 Å². The van der Waals surface area contributed by atoms with Crippen LogP contribution >= 0.6 is 0 Å². The molecule has 0 saturated heterocycles. The van der Waals surface area contributed by atoms with Crippen molar-refractivity contribution < 1.29 is 9.59 Å². The Kier molecular flexibility index (Phi) is 5.79. The smallest absolute Gasteiger partial charge is 0.242 e. The number of amides is 2. The fourth-order valence-corrected chi connectivity index (χ4v) is 1.76. The van der Waals surface area contributed by atoms with E-state index >= 15 is 0 Å². The summed E-state index contributed by atoms with van der Waals surface area (Å²) >= 11 is 0. The molecule has 2 amide bonds. The Balaban J connectivity index is 2.74. The van der Waals surface area contributed by atoms with Gasteiger partial charge in [0.1, 0.15) is 6.04 Å². The van der Waals surface area contributed by atoms with Crippen LogP contribution in [0.5, 0.6) is 0 Å². The molecule has 0 aliphatic carbocycles. The van der Waals surface area contributed by atoms with Crippen LogP contribution in [-0.2, 0) is 16.1 Å². The molecule has 0 saturated carbocycles. The van der Waals surface area contributed by atoms with Gasteiger partial charge in [-0.1, -0.05) is 36.4 Å². The molecule has 0 radical (unpaired) electrons. The molecular weight excluding hydrogens is 240 g/mol. The lowest BCUT2D eigenvalue weighted by molar-refractivity contribution is -0.138. The zero-order chi connectivity index (χ0) is 14.3. The Hall–Kier alpha value is -2.10. The maximum absolute atomic E-state index is 11.9. The van der Waals surface area contributed by atoms with Crippen molar-refractivity contribution >= 4 is 11.8 Å². The van der Waals surface area contributed by atoms with Crippen LogP contribution in [0, 0.1) is 0 Å². The predicted octanol–water partition coefficient (Wildman–Crippen LogP) is 1.73. The maximum Gasteiger partial charge on any atom is 0.242 e. The first-order valence-electron chi connectivity index (χ1n) is 6.26. The summed E-state index contributed by atoms with van der Waals surface area (Å²) in [5, 5.41) is 2.70. The molecule has 1 N–H and O–H groups in total. The van der Waals surface area contributed by atoms with Gasteiger partial charge in [0.15, 0.2) is 0 Å². The molecule has 0 aliphatic rings. The van der Waals surface area contributed by atoms with Crippen molar-refractivity contribution in [2.45, 2.75) is 26.4 Å². The van der Waals surface area contributed by atoms with E-state index in [2.05, 4.69) is 11.9 Å². The molecule has 4 heteroatoms. The van der Waals surface area contributed by atoms with E-state index in [1.54, 1.807) is 17.9 Å². The molecule has 0 fully saturated rings. The fraction of sp³-hybridized carbons (Fsp3) is 0.333. The molecular formula is C15H20N2O2. The minimum absolute atomic E-state index is 0.120. The van der Waals surface area contributed by atoms with Crippen LogP contribution in [0.25, 0.3) is 0 Å². The molecule has 102 valence electrons. The number of nitrogens with one attached hydrogen (secondary N) is 1. The van der Waals surface area contributed by atoms with E-state index in [1.165, 1.54) is 6.92 Å². The highest BCUT2D eigenvalue weighted by atomic mass is 16.2. The average Bonchev–Trinajstić information content (AvgIpc) is 2.42. The predicted molar refractivity (Wildman–Crippen MR) is 75.3 cm³/mol. The van der Waals surface area contributed by atoms with Crippen molar-refractivity contribution in [2.75, 3.05) is 6.54 Å². The zero-order valence-electron chi connectivity index (χ0n) is 11.4. The van der Waals surface area contributed by atoms with Crippen LogP contribution < -0.4 is 5.32 Å². The summed E-state index contributed by atoms with van der Waals surface area (Å²) in [5.41, 5.74) is 1.00. The molecule has 19 heavy (non-hydrogen) atoms. The van der Waals surface area contributed by atoms with Gasteiger partial charge in [-0.25, -0.2) is 0 Å². The van der Waals surface area contributed by atoms with Crippen molar-refractivity contribution in [3.05, 3.63) is 48.6 Å². The number of carbonyl (C=O) groups is 2. The van der Waals surface area contributed by atoms with Gasteiger partial charge >= 0.3 is 0 Å². The van der Waals surface area contributed by atoms with E-state index in [0.717, 1.165) is 5.56 Å². The van der Waals surface area contributed by atoms with Gasteiger partial charge in [-0.05, 0) is 12.5 Å². The van der Waals surface area contributed by atoms with Crippen LogP contribution in [0.15, 0.2) is 43.0 Å². The van der Waals surface area contributed by atoms with Crippen molar-refractivity contribution in [1.82, 2.24) is 10.2 Å². The van der Waals surface area contributed by atoms with Gasteiger partial charge in [0.25, 0.3) is 0 Å². The second kappa shape index (κ2) is 7.36. The molecule has 1 rings (SSSR count). The molecule has 0 aromatic heterocycles. The van der Waals surface area contributed by atoms with Crippen LogP contribution in [0.3, 0.4) is 0 Å². The molecule has 1 aromatic carbocycles. The normalized spacial score (nSPS) is 11.5. The van der Waals surface area contributed by atoms with Crippen LogP contribution in [0.2, 0.25) is 0 Å². The molecule has 0 unspecified atom stereocenters. The molecule has 1 atom stereocenters. The van der Waals surface area contributed by atoms with E-state index < -0.39 is 6.04 Å². The topological polar surface area (TPSA) is 49.4 Å². The third kappa shape index (κ3) is 4.58. The molecule has 0 heterocycles. The maximum atomic E-state index is 11.9. The molecule has 0 spiro atoms. The zero-order valence-corrected chi connectivity index (χ0v) is 11.4. The van der Waals surface area contributed by atoms with Gasteiger partial charge < -0.3 is 10.2 Å². The SMILES string of the molecule is C=CCNC(=O)[C@@H](C)N(Cc1ccccc1)C(C)=O. The lowest BCUT2D eigenvalue weighted by Gasteiger charge is -2.27. The number of hydrogen-bond donors (Lipinski definition) is 1. The summed E-state index contributed by atoms with van der Waals surface area (Å²) < 4.78 is 0. The third-order valence-corrected chi connectivity index (χ3v) is 2.87. The Morgan fingerprint density at radius 2 is 2.00 bits per heavy atom. The summed E-state index contributed by atoms with van der Waals surface area (Å²) in [5.74, 6) is -0.295. The molecule has 1 aromatic rings. The van der Waals surface area contributed by atoms with Gasteiger partial charge in [0.05, 0.1) is 0 Å². The Morgan fingerprint density at radius 3 is 2.53 bits per heavy atom. The minimum atomic E-state index is -0.502. The largest absolute Gasteiger partial charge is 0.351 e. The Bertz CT molecular complexity index is 443. The van der Waals surface area contributed by atoms with Crippen LogP contribution in [0.4, 0.5) is 0 Å². The van der Waals surface area contributed by atoms with Crippen LogP contribution in [-0.4, -0.2) is 29.3 Å². The summed E-state index contributed by atoms with van der Waals surface area (Å²) in [6.07, 6.45) is 1.61. The average molecular weight is 260 g/mol. The molecule has 0 aliphatic heterocycles. The van der Waals surface area contributed by atoms with E-state index in [1.807, 2.05) is 30.3 Å². The summed E-state index contributed by atoms with van der Waals surface area (Å²) in [6, 6.07) is 9.11. The van der Waals surface area contributed by atoms with E-state index in [0.29, 0.717) is 13.1 Å². The Labute approximate surface area is 114 Å². The number of hydrogen-bond acceptors (Lipinski definition) is 2. The lowest BCUT2D eigenvalue weighted by atomic mass is 10.1. The van der Waals surface area contributed by atoms with Gasteiger partial charge in [0.2, 0.25) is 11.8 Å². The highest BCUT2D eigenvalue weighted by Gasteiger charge is 2.23. The monoisotopic (exact) mass is 260 g/mol. The highest BCUT2D eigenvalue weighted by molar-refractivity contribution is 5.86. The van der Waals surface area contributed by atoms with Gasteiger partial charge in [-0.15, -0.1) is 6.58 Å². The number of rotatable bonds is 6. The van der Waals surface area contributed by atoms with Crippen molar-refractivity contribution in [2.24, 2.45) is 0 Å². The first-order valence-corrected chi connectivity index (χ1v) is 6.26. The van der Waals surface area contributed by atoms with Gasteiger partial charge in [-0.3, -0.25) is 9.59 Å². The van der Waals surface area contributed by atoms with Crippen LogP contribution in [0.1, 0.15) is 19.4 Å². The molecule has 4 nitrogen and oxygen atoms in total. The van der Waals surface area contributed by atoms with E-state index in [9.17, 15) is 9.59 Å². The number of carbonyl (C=O) groups excluding carboxylic acids is 2. The summed E-state index contributed by atoms with van der Waals surface area (Å²) in [4.78, 5) is 25.1. The van der Waals surface area contributed by atoms with E-state index in [4.69, 9.17) is 0 Å². The fourth-order valence-electron chi connectivity index (χ4n) is 1.76. The third-order valence-electron chi connectivity index (χ3n) is 2.87. The number of nitrogens with zero attached hydrogens (tertiary/aromatic N) is 1. The summed E-state index contributed by atoms with van der Waals surface area (Å²) in [6.45, 7) is 7.57. The first kappa shape index (κ1) is 15.0. The quantitative estimate of drug-likeness (QED) is 0.792. The van der Waals surface area contributed by atoms with E-state index in [-0.39, 0.29) is 11.8 Å². The lowest BCUT2D eigenvalue weighted by Crippen LogP contribution is -2.46. The van der Waals surface area contributed by atoms with Crippen molar-refractivity contribution in [1.29, 1.82) is 0 Å². The second-order valence-electron chi connectivity index (χ2n) is 4.34. The standard InChI is InChI=1S/C15H20N2O2/c1-4-10-16-15(19)12(2)17(13(3)18)11-14-8-6-5-7-9-14/h4-9,12H,1,10-11H2,2-3H3,(H,16,19)/t12-/m1/s1. The summed E-state index contributed by atoms with van der Waals surface area (Å²) in [7, 11) is 0. The van der Waals surface area contributed by atoms with Gasteiger partial charge in [0, 0.05) is 20.0 Å². The van der Waals surface area contributed by atoms with Crippen molar-refractivity contribution in [3.63, 3.8) is 0 Å². The molecule has 0 bridgehead atoms. The Morgan fingerprint density at radius 1 is 1.37 bits per heavy atom. The second-order valence-corrected chi connectivity index (χ2v) is 4.34. The number of benzene rings is 1.